The number of rotatable bonds is 4. The molecule has 0 aromatic carbocycles. The number of carbonyl (C=O) groups is 1. The molecule has 2 N–H and O–H groups in total. The lowest BCUT2D eigenvalue weighted by Crippen LogP contribution is -2.22. The fourth-order valence-corrected chi connectivity index (χ4v) is 1.99. The lowest BCUT2D eigenvalue weighted by Gasteiger charge is -1.99. The average molecular weight is 235 g/mol. The van der Waals surface area contributed by atoms with E-state index >= 15 is 0 Å². The Balaban J connectivity index is 1.93. The van der Waals surface area contributed by atoms with Crippen LogP contribution in [-0.2, 0) is 13.0 Å². The van der Waals surface area contributed by atoms with Crippen LogP contribution >= 0.6 is 11.3 Å². The molecule has 0 aliphatic heterocycles. The zero-order chi connectivity index (χ0) is 11.4. The summed E-state index contributed by atoms with van der Waals surface area (Å²) in [6, 6.07) is 3.77. The van der Waals surface area contributed by atoms with Crippen molar-refractivity contribution < 1.29 is 4.79 Å². The molecule has 0 aliphatic rings. The van der Waals surface area contributed by atoms with Gasteiger partial charge in [0.25, 0.3) is 5.91 Å². The molecule has 0 bridgehead atoms. The molecule has 0 unspecified atom stereocenters. The molecule has 1 amide bonds. The molecule has 4 nitrogen and oxygen atoms in total. The molecule has 84 valence electrons. The fourth-order valence-electron chi connectivity index (χ4n) is 1.33. The van der Waals surface area contributed by atoms with Crippen molar-refractivity contribution in [2.75, 3.05) is 0 Å². The zero-order valence-corrected chi connectivity index (χ0v) is 9.80. The van der Waals surface area contributed by atoms with Crippen molar-refractivity contribution in [3.05, 3.63) is 39.8 Å². The molecule has 0 radical (unpaired) electrons. The third-order valence-corrected chi connectivity index (χ3v) is 3.01. The van der Waals surface area contributed by atoms with Crippen molar-refractivity contribution in [2.24, 2.45) is 0 Å². The molecule has 0 fully saturated rings. The molecule has 2 rings (SSSR count). The van der Waals surface area contributed by atoms with Gasteiger partial charge in [0.05, 0.1) is 0 Å². The highest BCUT2D eigenvalue weighted by molar-refractivity contribution is 7.07. The summed E-state index contributed by atoms with van der Waals surface area (Å²) in [6.07, 6.45) is 0.852. The number of carbonyl (C=O) groups excluding carboxylic acids is 1. The first-order valence-electron chi connectivity index (χ1n) is 5.13. The predicted molar refractivity (Wildman–Crippen MR) is 63.5 cm³/mol. The second kappa shape index (κ2) is 4.94. The lowest BCUT2D eigenvalue weighted by molar-refractivity contribution is 0.0946. The Morgan fingerprint density at radius 1 is 1.62 bits per heavy atom. The standard InChI is InChI=1S/C11H13N3OS/c1-2-9-5-10(14-13-9)11(15)12-6-8-3-4-16-7-8/h3-5,7H,2,6H2,1H3,(H,12,15)(H,13,14). The number of nitrogens with one attached hydrogen (secondary N) is 2. The minimum atomic E-state index is -0.137. The number of nitrogens with zero attached hydrogens (tertiary/aromatic N) is 1. The van der Waals surface area contributed by atoms with Gasteiger partial charge in [-0.3, -0.25) is 9.89 Å². The number of aromatic nitrogens is 2. The Bertz CT molecular complexity index is 461. The summed E-state index contributed by atoms with van der Waals surface area (Å²) >= 11 is 1.62. The Kier molecular flexibility index (Phi) is 3.36. The van der Waals surface area contributed by atoms with Gasteiger partial charge in [0.2, 0.25) is 0 Å². The van der Waals surface area contributed by atoms with Gasteiger partial charge in [0.15, 0.2) is 0 Å². The number of hydrogen-bond acceptors (Lipinski definition) is 3. The summed E-state index contributed by atoms with van der Waals surface area (Å²) in [5, 5.41) is 13.6. The van der Waals surface area contributed by atoms with Crippen LogP contribution in [0.5, 0.6) is 0 Å². The minimum absolute atomic E-state index is 0.137. The molecule has 16 heavy (non-hydrogen) atoms. The van der Waals surface area contributed by atoms with Crippen LogP contribution in [0.15, 0.2) is 22.9 Å². The first-order valence-corrected chi connectivity index (χ1v) is 6.07. The van der Waals surface area contributed by atoms with Gasteiger partial charge in [-0.25, -0.2) is 0 Å². The highest BCUT2D eigenvalue weighted by atomic mass is 32.1. The molecule has 2 aromatic rings. The zero-order valence-electron chi connectivity index (χ0n) is 8.99. The van der Waals surface area contributed by atoms with E-state index in [1.165, 1.54) is 0 Å². The Morgan fingerprint density at radius 2 is 2.50 bits per heavy atom. The summed E-state index contributed by atoms with van der Waals surface area (Å²) in [6.45, 7) is 2.57. The van der Waals surface area contributed by atoms with Crippen LogP contribution in [0.2, 0.25) is 0 Å². The quantitative estimate of drug-likeness (QED) is 0.851. The van der Waals surface area contributed by atoms with E-state index in [1.807, 2.05) is 23.8 Å². The first-order chi connectivity index (χ1) is 7.79. The van der Waals surface area contributed by atoms with E-state index in [1.54, 1.807) is 17.4 Å². The SMILES string of the molecule is CCc1cc(C(=O)NCc2ccsc2)n[nH]1. The van der Waals surface area contributed by atoms with E-state index in [0.717, 1.165) is 17.7 Å². The largest absolute Gasteiger partial charge is 0.347 e. The van der Waals surface area contributed by atoms with Gasteiger partial charge in [0.1, 0.15) is 5.69 Å². The van der Waals surface area contributed by atoms with Crippen LogP contribution < -0.4 is 5.32 Å². The molecule has 0 saturated heterocycles. The number of H-pyrrole nitrogens is 1. The van der Waals surface area contributed by atoms with E-state index in [-0.39, 0.29) is 5.91 Å². The van der Waals surface area contributed by atoms with Gasteiger partial charge in [-0.15, -0.1) is 0 Å². The normalized spacial score (nSPS) is 10.3. The third-order valence-electron chi connectivity index (χ3n) is 2.28. The van der Waals surface area contributed by atoms with Crippen molar-refractivity contribution >= 4 is 17.2 Å². The Labute approximate surface area is 97.7 Å². The molecule has 5 heteroatoms. The third kappa shape index (κ3) is 2.49. The van der Waals surface area contributed by atoms with E-state index in [4.69, 9.17) is 0 Å². The fraction of sp³-hybridized carbons (Fsp3) is 0.273. The maximum absolute atomic E-state index is 11.7. The van der Waals surface area contributed by atoms with Crippen LogP contribution in [0, 0.1) is 0 Å². The molecular formula is C11H13N3OS. The van der Waals surface area contributed by atoms with Crippen molar-refractivity contribution in [3.8, 4) is 0 Å². The maximum Gasteiger partial charge on any atom is 0.272 e. The summed E-state index contributed by atoms with van der Waals surface area (Å²) in [5.74, 6) is -0.137. The highest BCUT2D eigenvalue weighted by Crippen LogP contribution is 2.06. The predicted octanol–water partition coefficient (Wildman–Crippen LogP) is 1.96. The van der Waals surface area contributed by atoms with Gasteiger partial charge < -0.3 is 5.32 Å². The topological polar surface area (TPSA) is 57.8 Å². The molecule has 0 saturated carbocycles. The second-order valence-electron chi connectivity index (χ2n) is 3.45. The van der Waals surface area contributed by atoms with Crippen molar-refractivity contribution in [1.82, 2.24) is 15.5 Å². The summed E-state index contributed by atoms with van der Waals surface area (Å²) in [4.78, 5) is 11.7. The van der Waals surface area contributed by atoms with E-state index < -0.39 is 0 Å². The molecule has 0 aliphatic carbocycles. The Morgan fingerprint density at radius 3 is 3.12 bits per heavy atom. The summed E-state index contributed by atoms with van der Waals surface area (Å²) < 4.78 is 0. The number of hydrogen-bond donors (Lipinski definition) is 2. The van der Waals surface area contributed by atoms with Crippen LogP contribution in [0.3, 0.4) is 0 Å². The average Bonchev–Trinajstić information content (AvgIpc) is 2.96. The number of aromatic amines is 1. The highest BCUT2D eigenvalue weighted by Gasteiger charge is 2.09. The van der Waals surface area contributed by atoms with Crippen molar-refractivity contribution in [3.63, 3.8) is 0 Å². The summed E-state index contributed by atoms with van der Waals surface area (Å²) in [5.41, 5.74) is 2.54. The van der Waals surface area contributed by atoms with E-state index in [9.17, 15) is 4.79 Å². The molecule has 2 aromatic heterocycles. The summed E-state index contributed by atoms with van der Waals surface area (Å²) in [7, 11) is 0. The first kappa shape index (κ1) is 10.9. The molecule has 0 atom stereocenters. The maximum atomic E-state index is 11.7. The number of aryl methyl sites for hydroxylation is 1. The van der Waals surface area contributed by atoms with Crippen LogP contribution in [0.25, 0.3) is 0 Å². The second-order valence-corrected chi connectivity index (χ2v) is 4.23. The van der Waals surface area contributed by atoms with Crippen molar-refractivity contribution in [1.29, 1.82) is 0 Å². The van der Waals surface area contributed by atoms with E-state index in [0.29, 0.717) is 12.2 Å². The van der Waals surface area contributed by atoms with Gasteiger partial charge in [-0.1, -0.05) is 6.92 Å². The minimum Gasteiger partial charge on any atom is -0.347 e. The van der Waals surface area contributed by atoms with Crippen LogP contribution in [-0.4, -0.2) is 16.1 Å². The molecular weight excluding hydrogens is 222 g/mol. The van der Waals surface area contributed by atoms with Crippen molar-refractivity contribution in [2.45, 2.75) is 19.9 Å². The van der Waals surface area contributed by atoms with Crippen LogP contribution in [0.1, 0.15) is 28.7 Å². The molecule has 0 spiro atoms. The van der Waals surface area contributed by atoms with Gasteiger partial charge in [-0.05, 0) is 34.9 Å². The molecule has 2 heterocycles. The van der Waals surface area contributed by atoms with Crippen LogP contribution in [0.4, 0.5) is 0 Å². The van der Waals surface area contributed by atoms with E-state index in [2.05, 4.69) is 15.5 Å². The number of amides is 1. The monoisotopic (exact) mass is 235 g/mol. The van der Waals surface area contributed by atoms with Gasteiger partial charge in [-0.2, -0.15) is 16.4 Å². The Hall–Kier alpha value is -1.62. The number of thiophene rings is 1. The smallest absolute Gasteiger partial charge is 0.272 e. The van der Waals surface area contributed by atoms with Gasteiger partial charge >= 0.3 is 0 Å². The lowest BCUT2D eigenvalue weighted by atomic mass is 10.3. The van der Waals surface area contributed by atoms with Gasteiger partial charge in [0, 0.05) is 12.2 Å².